The first kappa shape index (κ1) is 16.5. The van der Waals surface area contributed by atoms with Gasteiger partial charge in [-0.3, -0.25) is 0 Å². The SMILES string of the molecule is FC(F)c1cc(Br)ccc1Oc1ccc(OC(F)(F)F)cc1. The van der Waals surface area contributed by atoms with Crippen molar-refractivity contribution in [2.75, 3.05) is 0 Å². The highest BCUT2D eigenvalue weighted by atomic mass is 79.9. The largest absolute Gasteiger partial charge is 0.573 e. The Kier molecular flexibility index (Phi) is 4.90. The molecule has 0 atom stereocenters. The van der Waals surface area contributed by atoms with Crippen molar-refractivity contribution in [3.63, 3.8) is 0 Å². The van der Waals surface area contributed by atoms with Gasteiger partial charge in [-0.25, -0.2) is 8.78 Å². The van der Waals surface area contributed by atoms with Crippen molar-refractivity contribution in [2.45, 2.75) is 12.8 Å². The third-order valence-corrected chi connectivity index (χ3v) is 2.99. The molecule has 0 heterocycles. The van der Waals surface area contributed by atoms with E-state index in [9.17, 15) is 22.0 Å². The van der Waals surface area contributed by atoms with E-state index in [0.717, 1.165) is 12.1 Å². The number of hydrogen-bond donors (Lipinski definition) is 0. The van der Waals surface area contributed by atoms with Crippen molar-refractivity contribution < 1.29 is 31.4 Å². The van der Waals surface area contributed by atoms with Crippen LogP contribution in [0.4, 0.5) is 22.0 Å². The second kappa shape index (κ2) is 6.51. The fraction of sp³-hybridized carbons (Fsp3) is 0.143. The number of ether oxygens (including phenoxy) is 2. The molecule has 0 N–H and O–H groups in total. The van der Waals surface area contributed by atoms with Gasteiger partial charge in [0.2, 0.25) is 0 Å². The van der Waals surface area contributed by atoms with Gasteiger partial charge in [0.05, 0.1) is 5.56 Å². The standard InChI is InChI=1S/C14H8BrF5O2/c15-8-1-6-12(11(7-8)13(16)17)21-9-2-4-10(5-3-9)22-14(18,19)20/h1-7,13H. The molecule has 2 aromatic carbocycles. The Bertz CT molecular complexity index is 641. The van der Waals surface area contributed by atoms with Crippen LogP contribution >= 0.6 is 15.9 Å². The Morgan fingerprint density at radius 2 is 1.50 bits per heavy atom. The first-order valence-electron chi connectivity index (χ1n) is 5.86. The molecule has 0 aliphatic carbocycles. The van der Waals surface area contributed by atoms with Crippen LogP contribution in [0, 0.1) is 0 Å². The van der Waals surface area contributed by atoms with E-state index in [-0.39, 0.29) is 17.1 Å². The Balaban J connectivity index is 2.18. The minimum absolute atomic E-state index is 0.0808. The van der Waals surface area contributed by atoms with Gasteiger partial charge in [-0.1, -0.05) is 15.9 Å². The Morgan fingerprint density at radius 1 is 0.909 bits per heavy atom. The first-order chi connectivity index (χ1) is 10.2. The van der Waals surface area contributed by atoms with Crippen molar-refractivity contribution in [1.29, 1.82) is 0 Å². The molecule has 118 valence electrons. The quantitative estimate of drug-likeness (QED) is 0.596. The lowest BCUT2D eigenvalue weighted by atomic mass is 10.2. The van der Waals surface area contributed by atoms with E-state index in [4.69, 9.17) is 4.74 Å². The second-order valence-electron chi connectivity index (χ2n) is 4.10. The van der Waals surface area contributed by atoms with E-state index < -0.39 is 18.5 Å². The van der Waals surface area contributed by atoms with Crippen LogP contribution in [0.5, 0.6) is 17.2 Å². The molecule has 0 saturated heterocycles. The number of halogens is 6. The monoisotopic (exact) mass is 382 g/mol. The van der Waals surface area contributed by atoms with Crippen LogP contribution in [0.25, 0.3) is 0 Å². The lowest BCUT2D eigenvalue weighted by Gasteiger charge is -2.12. The summed E-state index contributed by atoms with van der Waals surface area (Å²) in [4.78, 5) is 0. The molecule has 2 nitrogen and oxygen atoms in total. The zero-order valence-electron chi connectivity index (χ0n) is 10.7. The molecule has 2 aromatic rings. The van der Waals surface area contributed by atoms with Gasteiger partial charge in [0, 0.05) is 4.47 Å². The van der Waals surface area contributed by atoms with Gasteiger partial charge < -0.3 is 9.47 Å². The molecule has 2 rings (SSSR count). The lowest BCUT2D eigenvalue weighted by molar-refractivity contribution is -0.274. The maximum atomic E-state index is 12.9. The van der Waals surface area contributed by atoms with Crippen LogP contribution in [0.1, 0.15) is 12.0 Å². The Morgan fingerprint density at radius 3 is 2.05 bits per heavy atom. The van der Waals surface area contributed by atoms with Gasteiger partial charge >= 0.3 is 6.36 Å². The normalized spacial score (nSPS) is 11.6. The highest BCUT2D eigenvalue weighted by molar-refractivity contribution is 9.10. The fourth-order valence-electron chi connectivity index (χ4n) is 1.62. The van der Waals surface area contributed by atoms with Gasteiger partial charge in [0.15, 0.2) is 0 Å². The van der Waals surface area contributed by atoms with Gasteiger partial charge in [-0.2, -0.15) is 0 Å². The van der Waals surface area contributed by atoms with Gasteiger partial charge in [-0.05, 0) is 42.5 Å². The van der Waals surface area contributed by atoms with E-state index >= 15 is 0 Å². The van der Waals surface area contributed by atoms with Crippen molar-refractivity contribution in [2.24, 2.45) is 0 Å². The zero-order valence-corrected chi connectivity index (χ0v) is 12.3. The summed E-state index contributed by atoms with van der Waals surface area (Å²) in [6, 6.07) is 8.51. The van der Waals surface area contributed by atoms with E-state index in [1.165, 1.54) is 30.3 Å². The fourth-order valence-corrected chi connectivity index (χ4v) is 2.00. The van der Waals surface area contributed by atoms with E-state index in [1.807, 2.05) is 0 Å². The molecular weight excluding hydrogens is 375 g/mol. The second-order valence-corrected chi connectivity index (χ2v) is 5.02. The molecule has 0 aliphatic heterocycles. The van der Waals surface area contributed by atoms with Crippen LogP contribution in [0.3, 0.4) is 0 Å². The Hall–Kier alpha value is -1.83. The number of hydrogen-bond acceptors (Lipinski definition) is 2. The van der Waals surface area contributed by atoms with Crippen LogP contribution in [0.15, 0.2) is 46.9 Å². The zero-order chi connectivity index (χ0) is 16.3. The number of alkyl halides is 5. The highest BCUT2D eigenvalue weighted by Gasteiger charge is 2.31. The topological polar surface area (TPSA) is 18.5 Å². The molecular formula is C14H8BrF5O2. The first-order valence-corrected chi connectivity index (χ1v) is 6.65. The molecule has 0 fully saturated rings. The van der Waals surface area contributed by atoms with Crippen molar-refractivity contribution in [3.05, 3.63) is 52.5 Å². The van der Waals surface area contributed by atoms with Gasteiger partial charge in [0.1, 0.15) is 17.2 Å². The summed E-state index contributed by atoms with van der Waals surface area (Å²) in [6.07, 6.45) is -7.54. The average Bonchev–Trinajstić information content (AvgIpc) is 2.41. The number of rotatable bonds is 4. The van der Waals surface area contributed by atoms with Crippen LogP contribution in [-0.2, 0) is 0 Å². The van der Waals surface area contributed by atoms with Gasteiger partial charge in [0.25, 0.3) is 6.43 Å². The predicted octanol–water partition coefficient (Wildman–Crippen LogP) is 6.08. The maximum Gasteiger partial charge on any atom is 0.573 e. The molecule has 0 aromatic heterocycles. The Labute approximate surface area is 130 Å². The minimum Gasteiger partial charge on any atom is -0.457 e. The number of benzene rings is 2. The summed E-state index contributed by atoms with van der Waals surface area (Å²) in [5.74, 6) is -0.397. The maximum absolute atomic E-state index is 12.9. The van der Waals surface area contributed by atoms with Crippen LogP contribution in [0.2, 0.25) is 0 Å². The summed E-state index contributed by atoms with van der Waals surface area (Å²) in [7, 11) is 0. The van der Waals surface area contributed by atoms with E-state index in [2.05, 4.69) is 20.7 Å². The molecule has 8 heteroatoms. The average molecular weight is 383 g/mol. The van der Waals surface area contributed by atoms with Crippen LogP contribution < -0.4 is 9.47 Å². The molecule has 0 radical (unpaired) electrons. The lowest BCUT2D eigenvalue weighted by Crippen LogP contribution is -2.16. The van der Waals surface area contributed by atoms with Gasteiger partial charge in [-0.15, -0.1) is 13.2 Å². The summed E-state index contributed by atoms with van der Waals surface area (Å²) in [6.45, 7) is 0. The molecule has 0 aliphatic rings. The van der Waals surface area contributed by atoms with E-state index in [0.29, 0.717) is 4.47 Å². The van der Waals surface area contributed by atoms with Crippen molar-refractivity contribution in [3.8, 4) is 17.2 Å². The van der Waals surface area contributed by atoms with Crippen LogP contribution in [-0.4, -0.2) is 6.36 Å². The van der Waals surface area contributed by atoms with Crippen molar-refractivity contribution in [1.82, 2.24) is 0 Å². The minimum atomic E-state index is -4.79. The predicted molar refractivity (Wildman–Crippen MR) is 72.3 cm³/mol. The highest BCUT2D eigenvalue weighted by Crippen LogP contribution is 2.35. The molecule has 0 saturated carbocycles. The molecule has 22 heavy (non-hydrogen) atoms. The summed E-state index contributed by atoms with van der Waals surface area (Å²) in [5.41, 5.74) is -0.329. The third kappa shape index (κ3) is 4.59. The smallest absolute Gasteiger partial charge is 0.457 e. The molecule has 0 spiro atoms. The van der Waals surface area contributed by atoms with E-state index in [1.54, 1.807) is 0 Å². The summed E-state index contributed by atoms with van der Waals surface area (Å²) >= 11 is 3.08. The molecule has 0 bridgehead atoms. The molecule has 0 unspecified atom stereocenters. The van der Waals surface area contributed by atoms with Crippen molar-refractivity contribution >= 4 is 15.9 Å². The summed E-state index contributed by atoms with van der Waals surface area (Å²) in [5, 5.41) is 0. The molecule has 0 amide bonds. The third-order valence-electron chi connectivity index (χ3n) is 2.49. The summed E-state index contributed by atoms with van der Waals surface area (Å²) < 4.78 is 71.3.